The lowest BCUT2D eigenvalue weighted by atomic mass is 9.99. The van der Waals surface area contributed by atoms with Crippen LogP contribution in [-0.2, 0) is 28.9 Å². The minimum Gasteiger partial charge on any atom is -0.473 e. The highest BCUT2D eigenvalue weighted by molar-refractivity contribution is 5.60. The zero-order chi connectivity index (χ0) is 20.8. The third-order valence-electron chi connectivity index (χ3n) is 6.07. The van der Waals surface area contributed by atoms with Crippen LogP contribution in [0.25, 0.3) is 12.2 Å². The molecule has 2 atom stereocenters. The lowest BCUT2D eigenvalue weighted by Crippen LogP contribution is -2.26. The quantitative estimate of drug-likeness (QED) is 0.448. The molecule has 0 amide bonds. The van der Waals surface area contributed by atoms with E-state index in [2.05, 4.69) is 60.6 Å². The maximum atomic E-state index is 5.78. The smallest absolute Gasteiger partial charge is 0.199 e. The first-order valence-corrected chi connectivity index (χ1v) is 11.3. The Morgan fingerprint density at radius 1 is 1.23 bits per heavy atom. The first kappa shape index (κ1) is 21.0. The molecule has 1 fully saturated rings. The fraction of sp³-hybridized carbons (Fsp3) is 0.462. The van der Waals surface area contributed by atoms with Gasteiger partial charge in [0.05, 0.1) is 12.4 Å². The summed E-state index contributed by atoms with van der Waals surface area (Å²) >= 11 is 0. The normalized spacial score (nSPS) is 21.1. The summed E-state index contributed by atoms with van der Waals surface area (Å²) in [4.78, 5) is 3.57. The van der Waals surface area contributed by atoms with E-state index in [4.69, 9.17) is 9.47 Å². The summed E-state index contributed by atoms with van der Waals surface area (Å²) in [6.45, 7) is 6.17. The second-order valence-corrected chi connectivity index (χ2v) is 8.48. The Morgan fingerprint density at radius 3 is 2.93 bits per heavy atom. The fourth-order valence-corrected chi connectivity index (χ4v) is 4.37. The lowest BCUT2D eigenvalue weighted by Gasteiger charge is -2.26. The van der Waals surface area contributed by atoms with Crippen molar-refractivity contribution >= 4 is 12.2 Å². The van der Waals surface area contributed by atoms with Crippen molar-refractivity contribution < 1.29 is 9.47 Å². The largest absolute Gasteiger partial charge is 0.473 e. The van der Waals surface area contributed by atoms with Gasteiger partial charge < -0.3 is 19.8 Å². The van der Waals surface area contributed by atoms with Crippen LogP contribution >= 0.6 is 0 Å². The molecule has 1 unspecified atom stereocenters. The van der Waals surface area contributed by atoms with Crippen LogP contribution in [0.1, 0.15) is 66.2 Å². The molecule has 0 spiro atoms. The van der Waals surface area contributed by atoms with Crippen molar-refractivity contribution in [3.63, 3.8) is 0 Å². The van der Waals surface area contributed by atoms with Crippen LogP contribution in [0.15, 0.2) is 36.6 Å². The van der Waals surface area contributed by atoms with Crippen LogP contribution in [0.3, 0.4) is 0 Å². The number of nitrogens with one attached hydrogen (secondary N) is 2. The average molecular weight is 407 g/mol. The zero-order valence-electron chi connectivity index (χ0n) is 18.2. The summed E-state index contributed by atoms with van der Waals surface area (Å²) in [6.07, 6.45) is 15.2. The van der Waals surface area contributed by atoms with Gasteiger partial charge in [0.1, 0.15) is 0 Å². The molecule has 0 bridgehead atoms. The summed E-state index contributed by atoms with van der Waals surface area (Å²) in [5.41, 5.74) is 8.05. The Labute approximate surface area is 180 Å². The molecule has 30 heavy (non-hydrogen) atoms. The van der Waals surface area contributed by atoms with Crippen LogP contribution in [-0.4, -0.2) is 23.9 Å². The Balaban J connectivity index is 1.20. The predicted molar refractivity (Wildman–Crippen MR) is 123 cm³/mol. The molecular formula is C26H34N2O2. The summed E-state index contributed by atoms with van der Waals surface area (Å²) in [5, 5.41) is 3.59. The molecule has 2 N–H and O–H groups in total. The first-order chi connectivity index (χ1) is 14.7. The van der Waals surface area contributed by atoms with E-state index in [1.54, 1.807) is 6.26 Å². The van der Waals surface area contributed by atoms with Crippen molar-refractivity contribution in [1.82, 2.24) is 10.3 Å². The van der Waals surface area contributed by atoms with Gasteiger partial charge in [-0.2, -0.15) is 0 Å². The number of benzene rings is 1. The molecular weight excluding hydrogens is 372 g/mol. The second-order valence-electron chi connectivity index (χ2n) is 8.48. The number of H-pyrrole nitrogens is 1. The molecule has 2 aromatic rings. The molecule has 1 aromatic carbocycles. The number of hydrogen-bond acceptors (Lipinski definition) is 3. The summed E-state index contributed by atoms with van der Waals surface area (Å²) < 4.78 is 11.5. The number of aryl methyl sites for hydroxylation is 2. The van der Waals surface area contributed by atoms with Gasteiger partial charge in [0.2, 0.25) is 0 Å². The van der Waals surface area contributed by atoms with Crippen LogP contribution in [0.5, 0.6) is 0 Å². The van der Waals surface area contributed by atoms with Crippen molar-refractivity contribution in [2.24, 2.45) is 0 Å². The number of rotatable bonds is 8. The Hall–Kier alpha value is -2.30. The second kappa shape index (κ2) is 10.1. The molecule has 4 nitrogen and oxygen atoms in total. The Morgan fingerprint density at radius 2 is 2.10 bits per heavy atom. The van der Waals surface area contributed by atoms with Crippen molar-refractivity contribution in [2.75, 3.05) is 6.54 Å². The van der Waals surface area contributed by atoms with E-state index in [9.17, 15) is 0 Å². The Bertz CT molecular complexity index is 879. The molecule has 4 heteroatoms. The number of aromatic amines is 1. The molecule has 2 heterocycles. The van der Waals surface area contributed by atoms with Crippen LogP contribution in [0.2, 0.25) is 0 Å². The molecule has 0 radical (unpaired) electrons. The number of fused-ring (bicyclic) bond motifs is 1. The van der Waals surface area contributed by atoms with Gasteiger partial charge in [-0.1, -0.05) is 36.4 Å². The third-order valence-corrected chi connectivity index (χ3v) is 6.07. The van der Waals surface area contributed by atoms with Crippen molar-refractivity contribution in [3.05, 3.63) is 70.2 Å². The summed E-state index contributed by atoms with van der Waals surface area (Å²) in [7, 11) is 0. The van der Waals surface area contributed by atoms with Crippen molar-refractivity contribution in [2.45, 2.75) is 71.3 Å². The van der Waals surface area contributed by atoms with Gasteiger partial charge >= 0.3 is 0 Å². The van der Waals surface area contributed by atoms with Gasteiger partial charge in [0.15, 0.2) is 6.29 Å². The van der Waals surface area contributed by atoms with E-state index in [0.29, 0.717) is 6.10 Å². The standard InChI is InChI=1S/C26H34N2O2/c1-19-6-5-9-26(30-19)29-17-15-21-10-12-22(13-11-21)18-27-16-14-23-20(2)28-25-8-4-3-7-24(23)25/h3,7,10-13,15,17,19,26-28H,4-6,8-9,14,16,18H2,1-2H3/b17-15+/t19-,26?/m0/s1. The minimum atomic E-state index is -0.0989. The topological polar surface area (TPSA) is 46.3 Å². The highest BCUT2D eigenvalue weighted by Gasteiger charge is 2.19. The van der Waals surface area contributed by atoms with Gasteiger partial charge in [0, 0.05) is 24.4 Å². The SMILES string of the molecule is Cc1[nH]c2c(c1CCNCc1ccc(/C=C/OC3CCC[C@H](C)O3)cc1)C=CCC2. The summed E-state index contributed by atoms with van der Waals surface area (Å²) in [6, 6.07) is 8.63. The van der Waals surface area contributed by atoms with E-state index >= 15 is 0 Å². The molecule has 4 rings (SSSR count). The zero-order valence-corrected chi connectivity index (χ0v) is 18.2. The Kier molecular flexibility index (Phi) is 7.08. The highest BCUT2D eigenvalue weighted by Crippen LogP contribution is 2.25. The van der Waals surface area contributed by atoms with E-state index in [1.807, 2.05) is 6.08 Å². The van der Waals surface area contributed by atoms with Crippen molar-refractivity contribution in [1.29, 1.82) is 0 Å². The number of hydrogen-bond donors (Lipinski definition) is 2. The van der Waals surface area contributed by atoms with E-state index in [-0.39, 0.29) is 6.29 Å². The van der Waals surface area contributed by atoms with Crippen LogP contribution in [0, 0.1) is 6.92 Å². The van der Waals surface area contributed by atoms with Crippen molar-refractivity contribution in [3.8, 4) is 0 Å². The lowest BCUT2D eigenvalue weighted by molar-refractivity contribution is -0.160. The van der Waals surface area contributed by atoms with Gasteiger partial charge in [0.25, 0.3) is 0 Å². The monoisotopic (exact) mass is 406 g/mol. The van der Waals surface area contributed by atoms with E-state index < -0.39 is 0 Å². The molecule has 2 aliphatic rings. The van der Waals surface area contributed by atoms with Gasteiger partial charge in [-0.3, -0.25) is 0 Å². The average Bonchev–Trinajstić information content (AvgIpc) is 3.07. The predicted octanol–water partition coefficient (Wildman–Crippen LogP) is 5.52. The number of ether oxygens (including phenoxy) is 2. The molecule has 1 saturated heterocycles. The first-order valence-electron chi connectivity index (χ1n) is 11.3. The summed E-state index contributed by atoms with van der Waals surface area (Å²) in [5.74, 6) is 0. The number of allylic oxidation sites excluding steroid dienone is 1. The van der Waals surface area contributed by atoms with Gasteiger partial charge in [-0.15, -0.1) is 0 Å². The minimum absolute atomic E-state index is 0.0989. The molecule has 0 saturated carbocycles. The van der Waals surface area contributed by atoms with Gasteiger partial charge in [-0.05, 0) is 80.8 Å². The van der Waals surface area contributed by atoms with E-state index in [0.717, 1.165) is 50.8 Å². The number of aromatic nitrogens is 1. The maximum Gasteiger partial charge on any atom is 0.199 e. The molecule has 160 valence electrons. The molecule has 1 aliphatic carbocycles. The van der Waals surface area contributed by atoms with Crippen LogP contribution < -0.4 is 5.32 Å². The maximum absolute atomic E-state index is 5.78. The molecule has 1 aliphatic heterocycles. The highest BCUT2D eigenvalue weighted by atomic mass is 16.7. The van der Waals surface area contributed by atoms with Gasteiger partial charge in [-0.25, -0.2) is 0 Å². The third kappa shape index (κ3) is 5.44. The molecule has 1 aromatic heterocycles. The van der Waals surface area contributed by atoms with Crippen LogP contribution in [0.4, 0.5) is 0 Å². The van der Waals surface area contributed by atoms with E-state index in [1.165, 1.54) is 34.5 Å². The fourth-order valence-electron chi connectivity index (χ4n) is 4.37.